The van der Waals surface area contributed by atoms with E-state index in [9.17, 15) is 55.9 Å². The van der Waals surface area contributed by atoms with E-state index in [4.69, 9.17) is 32.8 Å². The average Bonchev–Trinajstić information content (AvgIpc) is 1.75. The quantitative estimate of drug-likeness (QED) is 0.0454. The molecule has 0 N–H and O–H groups in total. The number of fused-ring (bicyclic) bond motifs is 6. The van der Waals surface area contributed by atoms with Gasteiger partial charge in [-0.3, -0.25) is 33.6 Å². The van der Waals surface area contributed by atoms with E-state index in [0.717, 1.165) is 10.1 Å². The summed E-state index contributed by atoms with van der Waals surface area (Å²) in [7, 11) is 8.53. The first-order valence-electron chi connectivity index (χ1n) is 27.5. The van der Waals surface area contributed by atoms with Crippen molar-refractivity contribution in [2.75, 3.05) is 42.7 Å². The van der Waals surface area contributed by atoms with Crippen LogP contribution in [0.2, 0.25) is 0 Å². The van der Waals surface area contributed by atoms with Crippen LogP contribution in [0.3, 0.4) is 0 Å². The van der Waals surface area contributed by atoms with Gasteiger partial charge in [-0.25, -0.2) is 13.8 Å². The first-order valence-corrected chi connectivity index (χ1v) is 30.8. The zero-order chi connectivity index (χ0) is 65.0. The van der Waals surface area contributed by atoms with Crippen LogP contribution in [-0.4, -0.2) is 101 Å². The number of alkyl halides is 2. The lowest BCUT2D eigenvalue weighted by atomic mass is 10.00. The van der Waals surface area contributed by atoms with Crippen LogP contribution in [-0.2, 0) is 19.2 Å². The van der Waals surface area contributed by atoms with Crippen LogP contribution in [0.15, 0.2) is 59.0 Å². The van der Waals surface area contributed by atoms with Gasteiger partial charge in [0.05, 0.1) is 66.9 Å². The Morgan fingerprint density at radius 3 is 1.47 bits per heavy atom. The number of thiophene rings is 4. The molecule has 0 amide bonds. The molecule has 5 aromatic heterocycles. The number of benzene rings is 4. The van der Waals surface area contributed by atoms with Crippen molar-refractivity contribution in [2.24, 2.45) is 29.6 Å². The number of aromatic nitrogens is 1. The zero-order valence-electron chi connectivity index (χ0n) is 50.3. The predicted octanol–water partition coefficient (Wildman–Crippen LogP) is 15.2. The number of carbonyl (C=O) groups is 8. The van der Waals surface area contributed by atoms with Crippen molar-refractivity contribution in [1.29, 1.82) is 0 Å². The van der Waals surface area contributed by atoms with Crippen molar-refractivity contribution in [1.82, 2.24) is 4.98 Å². The molecule has 11 rings (SSSR count). The van der Waals surface area contributed by atoms with Crippen LogP contribution >= 0.6 is 45.3 Å². The summed E-state index contributed by atoms with van der Waals surface area (Å²) in [5, 5.41) is 2.28. The highest BCUT2D eigenvalue weighted by molar-refractivity contribution is 7.22. The van der Waals surface area contributed by atoms with Crippen molar-refractivity contribution >= 4 is 143 Å². The molecule has 2 fully saturated rings. The molecule has 89 heavy (non-hydrogen) atoms. The van der Waals surface area contributed by atoms with E-state index in [0.29, 0.717) is 96.8 Å². The normalized spacial score (nSPS) is 15.9. The summed E-state index contributed by atoms with van der Waals surface area (Å²) in [5.74, 6) is -0.598. The van der Waals surface area contributed by atoms with E-state index >= 15 is 0 Å². The fraction of sp³-hybridized carbons (Fsp3) is 0.359. The number of ether oxygens (including phenoxy) is 7. The number of halogens is 4. The molecule has 9 aromatic rings. The van der Waals surface area contributed by atoms with E-state index in [1.54, 1.807) is 45.2 Å². The lowest BCUT2D eigenvalue weighted by Crippen LogP contribution is -2.11. The molecule has 0 aliphatic heterocycles. The fourth-order valence-corrected chi connectivity index (χ4v) is 14.1. The van der Waals surface area contributed by atoms with Gasteiger partial charge in [0.15, 0.2) is 86.5 Å². The van der Waals surface area contributed by atoms with Gasteiger partial charge >= 0.3 is 6.61 Å². The molecular formula is C64H61F4NO16S4. The third-order valence-corrected chi connectivity index (χ3v) is 19.4. The van der Waals surface area contributed by atoms with Crippen LogP contribution in [0.4, 0.5) is 17.6 Å². The molecule has 0 bridgehead atoms. The smallest absolute Gasteiger partial charge is 0.387 e. The van der Waals surface area contributed by atoms with E-state index in [-0.39, 0.29) is 118 Å². The molecular weight excluding hydrogens is 1240 g/mol. The van der Waals surface area contributed by atoms with Crippen molar-refractivity contribution in [3.8, 4) is 40.2 Å². The Labute approximate surface area is 523 Å². The van der Waals surface area contributed by atoms with E-state index in [1.807, 2.05) is 12.1 Å². The molecule has 0 radical (unpaired) electrons. The maximum absolute atomic E-state index is 14.5. The first kappa shape index (κ1) is 66.8. The van der Waals surface area contributed by atoms with Crippen LogP contribution in [0, 0.1) is 48.1 Å². The van der Waals surface area contributed by atoms with Crippen LogP contribution in [0.5, 0.6) is 40.2 Å². The van der Waals surface area contributed by atoms with Gasteiger partial charge in [0, 0.05) is 98.8 Å². The number of oxazole rings is 1. The number of ketones is 8. The Morgan fingerprint density at radius 2 is 1.02 bits per heavy atom. The van der Waals surface area contributed by atoms with E-state index < -0.39 is 18.2 Å². The topological polar surface area (TPSA) is 227 Å². The summed E-state index contributed by atoms with van der Waals surface area (Å²) in [6, 6.07) is 14.7. The van der Waals surface area contributed by atoms with Gasteiger partial charge in [-0.1, -0.05) is 6.92 Å². The minimum atomic E-state index is -2.96. The number of rotatable bonds is 22. The molecule has 17 nitrogen and oxygen atoms in total. The second-order valence-electron chi connectivity index (χ2n) is 21.1. The minimum absolute atomic E-state index is 0.0237. The third-order valence-electron chi connectivity index (χ3n) is 14.9. The Morgan fingerprint density at radius 1 is 0.551 bits per heavy atom. The standard InChI is InChI=1S/C17H17NO4S.2C16H15FO4S.C15H14F2O4S/c1-8(9(2)19)5-12(20)14-7-11-6-13(21-4)16-15(17(11)23-14)18-10(3)22-16;2*1-7(18)8-4-9(8)15(19)13-5-10-12(22-13)6-11(20-2)16(21-3)14(10)17;1-8(18)3-4-10(19)14-6-9-5-11(20-2)12(21-15(16)17)7-13(9)22-14/h6-8H,5H2,1-4H3;2*5-6,8-9H,4H2,1-3H3;5-7,15H,3-4H2,1-2H3/t8-;2*8-,9-;/m010./s1. The van der Waals surface area contributed by atoms with Crippen molar-refractivity contribution in [3.63, 3.8) is 0 Å². The fourth-order valence-electron chi connectivity index (χ4n) is 9.77. The number of aryl methyl sites for hydroxylation is 1. The van der Waals surface area contributed by atoms with Gasteiger partial charge in [0.25, 0.3) is 0 Å². The monoisotopic (exact) mass is 1300 g/mol. The highest BCUT2D eigenvalue weighted by Gasteiger charge is 2.47. The molecule has 0 spiro atoms. The van der Waals surface area contributed by atoms with Gasteiger partial charge in [-0.05, 0) is 87.7 Å². The molecule has 5 heterocycles. The highest BCUT2D eigenvalue weighted by Crippen LogP contribution is 2.48. The SMILES string of the molecule is COc1cc2cc(C(=O)CCC(C)=O)sc2cc1OC(F)F.COc1cc2cc(C(=O)C[C@H](C)C(C)=O)sc2c2nc(C)oc12.COc1cc2sc(C(=O)[C@@H]3C[C@@H]3C(C)=O)cc2c(F)c1OC.COc1cc2sc(C(=O)[C@H]3C[C@H]3C(C)=O)cc2c(F)c1OC. The molecule has 4 aromatic carbocycles. The van der Waals surface area contributed by atoms with Gasteiger partial charge in [0.2, 0.25) is 0 Å². The maximum Gasteiger partial charge on any atom is 0.387 e. The second kappa shape index (κ2) is 28.1. The molecule has 2 aliphatic carbocycles. The zero-order valence-corrected chi connectivity index (χ0v) is 53.6. The summed E-state index contributed by atoms with van der Waals surface area (Å²) in [6.45, 7) is 6.53. The van der Waals surface area contributed by atoms with Crippen LogP contribution in [0.25, 0.3) is 51.4 Å². The first-order chi connectivity index (χ1) is 42.2. The molecule has 25 heteroatoms. The number of carbonyl (C=O) groups excluding carboxylic acids is 8. The average molecular weight is 1300 g/mol. The Kier molecular flexibility index (Phi) is 21.1. The molecule has 5 atom stereocenters. The Bertz CT molecular complexity index is 4140. The Hall–Kier alpha value is -8.13. The summed E-state index contributed by atoms with van der Waals surface area (Å²) in [4.78, 5) is 101. The molecule has 0 unspecified atom stereocenters. The van der Waals surface area contributed by atoms with Crippen LogP contribution < -0.4 is 33.2 Å². The largest absolute Gasteiger partial charge is 0.493 e. The Balaban J connectivity index is 0.000000153. The van der Waals surface area contributed by atoms with Crippen molar-refractivity contribution < 1.29 is 93.5 Å². The van der Waals surface area contributed by atoms with Crippen LogP contribution in [0.1, 0.15) is 111 Å². The number of methoxy groups -OCH3 is 6. The van der Waals surface area contributed by atoms with Crippen molar-refractivity contribution in [3.05, 3.63) is 91.6 Å². The summed E-state index contributed by atoms with van der Waals surface area (Å²) in [5.41, 5.74) is 1.30. The summed E-state index contributed by atoms with van der Waals surface area (Å²) in [6.07, 6.45) is 1.74. The molecule has 2 aliphatic rings. The second-order valence-corrected chi connectivity index (χ2v) is 25.4. The van der Waals surface area contributed by atoms with Gasteiger partial charge in [0.1, 0.15) is 28.6 Å². The lowest BCUT2D eigenvalue weighted by molar-refractivity contribution is -0.120. The predicted molar refractivity (Wildman–Crippen MR) is 332 cm³/mol. The third kappa shape index (κ3) is 14.8. The van der Waals surface area contributed by atoms with Gasteiger partial charge in [-0.2, -0.15) is 8.78 Å². The van der Waals surface area contributed by atoms with E-state index in [2.05, 4.69) is 9.72 Å². The minimum Gasteiger partial charge on any atom is -0.493 e. The number of hydrogen-bond acceptors (Lipinski definition) is 21. The summed E-state index contributed by atoms with van der Waals surface area (Å²) >= 11 is 4.99. The number of hydrogen-bond donors (Lipinski definition) is 0. The summed E-state index contributed by atoms with van der Waals surface area (Å²) < 4.78 is 97.1. The van der Waals surface area contributed by atoms with E-state index in [1.165, 1.54) is 127 Å². The highest BCUT2D eigenvalue weighted by atomic mass is 32.1. The van der Waals surface area contributed by atoms with Gasteiger partial charge < -0.3 is 42.4 Å². The van der Waals surface area contributed by atoms with Crippen molar-refractivity contribution in [2.45, 2.75) is 80.3 Å². The number of nitrogens with zero attached hydrogens (tertiary/aromatic N) is 1. The molecule has 470 valence electrons. The number of Topliss-reactive ketones (excluding diaryl/α,β-unsaturated/α-hetero) is 8. The maximum atomic E-state index is 14.5. The van der Waals surface area contributed by atoms with Gasteiger partial charge in [-0.15, -0.1) is 45.3 Å². The lowest BCUT2D eigenvalue weighted by Gasteiger charge is -2.09. The molecule has 0 saturated heterocycles. The molecule has 2 saturated carbocycles.